The number of rotatable bonds is 4. The van der Waals surface area contributed by atoms with E-state index >= 15 is 0 Å². The number of carbonyl (C=O) groups excluding carboxylic acids is 1. The number of anilines is 1. The minimum absolute atomic E-state index is 0.139. The molecule has 0 bridgehead atoms. The van der Waals surface area contributed by atoms with E-state index in [2.05, 4.69) is 10.3 Å². The maximum atomic E-state index is 12.1. The van der Waals surface area contributed by atoms with Crippen molar-refractivity contribution in [1.82, 2.24) is 4.98 Å². The first-order chi connectivity index (χ1) is 13.0. The Morgan fingerprint density at radius 1 is 1.07 bits per heavy atom. The molecule has 4 aromatic rings. The number of nitrogens with one attached hydrogen (secondary N) is 1. The number of hydrogen-bond acceptors (Lipinski definition) is 6. The quantitative estimate of drug-likeness (QED) is 0.420. The fraction of sp³-hybridized carbons (Fsp3) is 0.0526. The number of oxazole rings is 1. The van der Waals surface area contributed by atoms with Gasteiger partial charge in [-0.15, -0.1) is 0 Å². The van der Waals surface area contributed by atoms with E-state index in [1.54, 1.807) is 24.3 Å². The molecule has 0 radical (unpaired) electrons. The summed E-state index contributed by atoms with van der Waals surface area (Å²) in [5, 5.41) is 13.2. The third-order valence-electron chi connectivity index (χ3n) is 3.93. The highest BCUT2D eigenvalue weighted by Gasteiger charge is 2.17. The molecule has 0 fully saturated rings. The molecule has 0 spiro atoms. The zero-order valence-electron chi connectivity index (χ0n) is 14.1. The van der Waals surface area contributed by atoms with E-state index in [1.807, 2.05) is 25.1 Å². The number of aromatic nitrogens is 1. The molecule has 0 saturated carbocycles. The fourth-order valence-electron chi connectivity index (χ4n) is 2.60. The van der Waals surface area contributed by atoms with Crippen LogP contribution in [0.2, 0.25) is 0 Å². The van der Waals surface area contributed by atoms with E-state index in [0.29, 0.717) is 17.2 Å². The summed E-state index contributed by atoms with van der Waals surface area (Å²) >= 11 is 0. The lowest BCUT2D eigenvalue weighted by atomic mass is 10.2. The van der Waals surface area contributed by atoms with E-state index in [0.717, 1.165) is 22.7 Å². The molecule has 0 aliphatic carbocycles. The van der Waals surface area contributed by atoms with Crippen LogP contribution in [0.1, 0.15) is 16.1 Å². The Bertz CT molecular complexity index is 1160. The third kappa shape index (κ3) is 3.28. The zero-order valence-corrected chi connectivity index (χ0v) is 14.1. The van der Waals surface area contributed by atoms with Gasteiger partial charge in [0.05, 0.1) is 6.07 Å². The van der Waals surface area contributed by atoms with Gasteiger partial charge in [-0.2, -0.15) is 0 Å². The van der Waals surface area contributed by atoms with Gasteiger partial charge in [0, 0.05) is 11.3 Å². The van der Waals surface area contributed by atoms with Gasteiger partial charge in [-0.05, 0) is 55.0 Å². The summed E-state index contributed by atoms with van der Waals surface area (Å²) in [6.45, 7) is 1.99. The molecule has 0 unspecified atom stereocenters. The summed E-state index contributed by atoms with van der Waals surface area (Å²) in [6, 6.07) is 15.0. The topological polar surface area (TPSA) is 111 Å². The minimum Gasteiger partial charge on any atom is -0.436 e. The molecule has 1 amide bonds. The number of fused-ring (bicyclic) bond motifs is 1. The summed E-state index contributed by atoms with van der Waals surface area (Å²) in [5.41, 5.74) is 3.85. The summed E-state index contributed by atoms with van der Waals surface area (Å²) < 4.78 is 10.6. The molecule has 0 aliphatic rings. The Morgan fingerprint density at radius 2 is 1.85 bits per heavy atom. The highest BCUT2D eigenvalue weighted by molar-refractivity contribution is 6.02. The Kier molecular flexibility index (Phi) is 3.92. The van der Waals surface area contributed by atoms with Crippen LogP contribution in [0.5, 0.6) is 0 Å². The Hall–Kier alpha value is -3.94. The van der Waals surface area contributed by atoms with Crippen LogP contribution in [0.15, 0.2) is 63.4 Å². The largest absolute Gasteiger partial charge is 0.436 e. The lowest BCUT2D eigenvalue weighted by molar-refractivity contribution is -0.402. The first kappa shape index (κ1) is 16.5. The highest BCUT2D eigenvalue weighted by Crippen LogP contribution is 2.26. The number of hydrogen-bond donors (Lipinski definition) is 1. The summed E-state index contributed by atoms with van der Waals surface area (Å²) in [6.07, 6.45) is 0. The van der Waals surface area contributed by atoms with E-state index in [9.17, 15) is 14.9 Å². The molecule has 8 nitrogen and oxygen atoms in total. The lowest BCUT2D eigenvalue weighted by Gasteiger charge is -2.03. The first-order valence-electron chi connectivity index (χ1n) is 8.03. The maximum absolute atomic E-state index is 12.1. The summed E-state index contributed by atoms with van der Waals surface area (Å²) in [4.78, 5) is 26.5. The molecule has 134 valence electrons. The molecule has 2 heterocycles. The van der Waals surface area contributed by atoms with Crippen LogP contribution in [-0.4, -0.2) is 15.8 Å². The number of nitro groups is 1. The number of amides is 1. The molecule has 4 rings (SSSR count). The SMILES string of the molecule is Cc1ccc2oc(-c3ccc(NC(=O)c4ccc([N+](=O)[O-])o4)cc3)nc2c1. The first-order valence-corrected chi connectivity index (χ1v) is 8.03. The molecule has 2 aromatic heterocycles. The van der Waals surface area contributed by atoms with E-state index in [4.69, 9.17) is 8.83 Å². The van der Waals surface area contributed by atoms with Crippen molar-refractivity contribution in [2.75, 3.05) is 5.32 Å². The number of nitrogens with zero attached hydrogens (tertiary/aromatic N) is 2. The van der Waals surface area contributed by atoms with Crippen LogP contribution in [0.4, 0.5) is 11.6 Å². The van der Waals surface area contributed by atoms with Gasteiger partial charge in [-0.1, -0.05) is 6.07 Å². The molecule has 0 aliphatic heterocycles. The van der Waals surface area contributed by atoms with Gasteiger partial charge in [0.15, 0.2) is 11.3 Å². The van der Waals surface area contributed by atoms with Crippen LogP contribution >= 0.6 is 0 Å². The smallest absolute Gasteiger partial charge is 0.433 e. The minimum atomic E-state index is -0.701. The molecule has 0 saturated heterocycles. The monoisotopic (exact) mass is 363 g/mol. The van der Waals surface area contributed by atoms with Gasteiger partial charge in [0.25, 0.3) is 5.91 Å². The molecule has 1 N–H and O–H groups in total. The van der Waals surface area contributed by atoms with Crippen molar-refractivity contribution >= 4 is 28.6 Å². The van der Waals surface area contributed by atoms with Crippen molar-refractivity contribution in [3.8, 4) is 11.5 Å². The van der Waals surface area contributed by atoms with Crippen LogP contribution in [0, 0.1) is 17.0 Å². The van der Waals surface area contributed by atoms with Crippen LogP contribution in [0.3, 0.4) is 0 Å². The number of furan rings is 1. The third-order valence-corrected chi connectivity index (χ3v) is 3.93. The van der Waals surface area contributed by atoms with Gasteiger partial charge < -0.3 is 14.2 Å². The predicted molar refractivity (Wildman–Crippen MR) is 97.5 cm³/mol. The van der Waals surface area contributed by atoms with Gasteiger partial charge in [0.1, 0.15) is 10.4 Å². The van der Waals surface area contributed by atoms with Crippen molar-refractivity contribution in [3.05, 3.63) is 76.0 Å². The molecule has 8 heteroatoms. The van der Waals surface area contributed by atoms with E-state index in [-0.39, 0.29) is 5.76 Å². The van der Waals surface area contributed by atoms with Crippen molar-refractivity contribution < 1.29 is 18.6 Å². The molecule has 2 aromatic carbocycles. The fourth-order valence-corrected chi connectivity index (χ4v) is 2.60. The van der Waals surface area contributed by atoms with Crippen molar-refractivity contribution in [2.45, 2.75) is 6.92 Å². The van der Waals surface area contributed by atoms with Crippen molar-refractivity contribution in [1.29, 1.82) is 0 Å². The second-order valence-electron chi connectivity index (χ2n) is 5.92. The highest BCUT2D eigenvalue weighted by atomic mass is 16.6. The maximum Gasteiger partial charge on any atom is 0.433 e. The van der Waals surface area contributed by atoms with Gasteiger partial charge in [-0.3, -0.25) is 14.9 Å². The van der Waals surface area contributed by atoms with Crippen LogP contribution in [0.25, 0.3) is 22.6 Å². The average Bonchev–Trinajstić information content (AvgIpc) is 3.29. The van der Waals surface area contributed by atoms with Gasteiger partial charge >= 0.3 is 5.88 Å². The van der Waals surface area contributed by atoms with Crippen LogP contribution in [-0.2, 0) is 0 Å². The standard InChI is InChI=1S/C19H13N3O5/c1-11-2-7-15-14(10-11)21-19(27-15)12-3-5-13(6-4-12)20-18(23)16-8-9-17(26-16)22(24)25/h2-10H,1H3,(H,20,23). The molecular weight excluding hydrogens is 350 g/mol. The summed E-state index contributed by atoms with van der Waals surface area (Å²) in [5.74, 6) is -0.717. The summed E-state index contributed by atoms with van der Waals surface area (Å²) in [7, 11) is 0. The lowest BCUT2D eigenvalue weighted by Crippen LogP contribution is -2.10. The Morgan fingerprint density at radius 3 is 2.56 bits per heavy atom. The van der Waals surface area contributed by atoms with Crippen molar-refractivity contribution in [2.24, 2.45) is 0 Å². The zero-order chi connectivity index (χ0) is 19.0. The normalized spacial score (nSPS) is 10.9. The second kappa shape index (κ2) is 6.41. The molecule has 0 atom stereocenters. The Labute approximate surface area is 152 Å². The predicted octanol–water partition coefficient (Wildman–Crippen LogP) is 4.56. The number of aryl methyl sites for hydroxylation is 1. The van der Waals surface area contributed by atoms with Crippen molar-refractivity contribution in [3.63, 3.8) is 0 Å². The molecular formula is C19H13N3O5. The number of carbonyl (C=O) groups is 1. The van der Waals surface area contributed by atoms with E-state index in [1.165, 1.54) is 6.07 Å². The Balaban J connectivity index is 1.52. The van der Waals surface area contributed by atoms with E-state index < -0.39 is 16.7 Å². The van der Waals surface area contributed by atoms with Gasteiger partial charge in [0.2, 0.25) is 5.89 Å². The van der Waals surface area contributed by atoms with Crippen LogP contribution < -0.4 is 5.32 Å². The number of benzene rings is 2. The second-order valence-corrected chi connectivity index (χ2v) is 5.92. The van der Waals surface area contributed by atoms with Gasteiger partial charge in [-0.25, -0.2) is 4.98 Å². The average molecular weight is 363 g/mol. The molecule has 27 heavy (non-hydrogen) atoms.